The standard InChI is InChI=1S/C11H14N2O2/c1-7(6-12)4-5-13-10(14)8(2)9(3)11(13)15/h4,8-9H,5H2,1-3H3/b7-4+. The van der Waals surface area contributed by atoms with Crippen molar-refractivity contribution in [2.24, 2.45) is 11.8 Å². The van der Waals surface area contributed by atoms with E-state index in [1.807, 2.05) is 6.07 Å². The maximum absolute atomic E-state index is 11.6. The number of carbonyl (C=O) groups is 2. The van der Waals surface area contributed by atoms with Crippen molar-refractivity contribution >= 4 is 11.8 Å². The molecule has 0 saturated carbocycles. The molecule has 0 N–H and O–H groups in total. The molecule has 4 nitrogen and oxygen atoms in total. The van der Waals surface area contributed by atoms with Crippen LogP contribution in [0.5, 0.6) is 0 Å². The zero-order valence-corrected chi connectivity index (χ0v) is 9.15. The highest BCUT2D eigenvalue weighted by Gasteiger charge is 2.41. The van der Waals surface area contributed by atoms with E-state index in [2.05, 4.69) is 0 Å². The van der Waals surface area contributed by atoms with Crippen LogP contribution in [0.25, 0.3) is 0 Å². The van der Waals surface area contributed by atoms with Crippen LogP contribution >= 0.6 is 0 Å². The van der Waals surface area contributed by atoms with Crippen LogP contribution in [-0.2, 0) is 9.59 Å². The minimum atomic E-state index is -0.242. The molecule has 0 spiro atoms. The molecule has 1 saturated heterocycles. The number of rotatable bonds is 2. The van der Waals surface area contributed by atoms with Crippen LogP contribution in [0.2, 0.25) is 0 Å². The molecule has 80 valence electrons. The Morgan fingerprint density at radius 2 is 1.87 bits per heavy atom. The lowest BCUT2D eigenvalue weighted by molar-refractivity contribution is -0.139. The van der Waals surface area contributed by atoms with Gasteiger partial charge in [-0.25, -0.2) is 0 Å². The van der Waals surface area contributed by atoms with E-state index in [9.17, 15) is 9.59 Å². The smallest absolute Gasteiger partial charge is 0.233 e. The number of amides is 2. The van der Waals surface area contributed by atoms with Gasteiger partial charge in [-0.2, -0.15) is 5.26 Å². The number of nitrogens with zero attached hydrogens (tertiary/aromatic N) is 2. The van der Waals surface area contributed by atoms with Crippen molar-refractivity contribution in [2.45, 2.75) is 20.8 Å². The maximum atomic E-state index is 11.6. The number of hydrogen-bond acceptors (Lipinski definition) is 3. The summed E-state index contributed by atoms with van der Waals surface area (Å²) in [6.07, 6.45) is 1.60. The Morgan fingerprint density at radius 1 is 1.40 bits per heavy atom. The summed E-state index contributed by atoms with van der Waals surface area (Å²) >= 11 is 0. The van der Waals surface area contributed by atoms with Crippen LogP contribution in [0.15, 0.2) is 11.6 Å². The van der Waals surface area contributed by atoms with E-state index >= 15 is 0 Å². The highest BCUT2D eigenvalue weighted by molar-refractivity contribution is 6.04. The molecule has 1 rings (SSSR count). The van der Waals surface area contributed by atoms with Crippen molar-refractivity contribution in [1.82, 2.24) is 4.90 Å². The lowest BCUT2D eigenvalue weighted by Crippen LogP contribution is -2.31. The Labute approximate surface area is 89.2 Å². The minimum absolute atomic E-state index is 0.144. The molecular weight excluding hydrogens is 192 g/mol. The summed E-state index contributed by atoms with van der Waals surface area (Å²) in [7, 11) is 0. The van der Waals surface area contributed by atoms with Crippen LogP contribution < -0.4 is 0 Å². The second-order valence-corrected chi connectivity index (χ2v) is 3.86. The normalized spacial score (nSPS) is 27.1. The lowest BCUT2D eigenvalue weighted by Gasteiger charge is -2.11. The Morgan fingerprint density at radius 3 is 2.27 bits per heavy atom. The van der Waals surface area contributed by atoms with Crippen LogP contribution in [0.4, 0.5) is 0 Å². The van der Waals surface area contributed by atoms with Gasteiger partial charge in [0.05, 0.1) is 6.07 Å². The van der Waals surface area contributed by atoms with E-state index in [1.165, 1.54) is 4.90 Å². The third kappa shape index (κ3) is 2.07. The van der Waals surface area contributed by atoms with Gasteiger partial charge >= 0.3 is 0 Å². The molecule has 0 radical (unpaired) electrons. The van der Waals surface area contributed by atoms with Gasteiger partial charge in [0.1, 0.15) is 0 Å². The van der Waals surface area contributed by atoms with Crippen LogP contribution in [0.3, 0.4) is 0 Å². The predicted octanol–water partition coefficient (Wildman–Crippen LogP) is 1.10. The van der Waals surface area contributed by atoms with Gasteiger partial charge in [0.2, 0.25) is 11.8 Å². The summed E-state index contributed by atoms with van der Waals surface area (Å²) in [5.41, 5.74) is 0.516. The fourth-order valence-corrected chi connectivity index (χ4v) is 1.48. The van der Waals surface area contributed by atoms with Crippen molar-refractivity contribution in [2.75, 3.05) is 6.54 Å². The summed E-state index contributed by atoms with van der Waals surface area (Å²) in [5.74, 6) is -0.773. The number of allylic oxidation sites excluding steroid dienone is 1. The van der Waals surface area contributed by atoms with Gasteiger partial charge in [0.15, 0.2) is 0 Å². The second kappa shape index (κ2) is 4.26. The van der Waals surface area contributed by atoms with Gasteiger partial charge in [-0.1, -0.05) is 19.9 Å². The zero-order valence-electron chi connectivity index (χ0n) is 9.15. The summed E-state index contributed by atoms with van der Waals surface area (Å²) in [6.45, 7) is 5.38. The molecule has 0 aromatic rings. The lowest BCUT2D eigenvalue weighted by atomic mass is 10.00. The minimum Gasteiger partial charge on any atom is -0.278 e. The molecule has 1 aliphatic heterocycles. The third-order valence-electron chi connectivity index (χ3n) is 2.82. The van der Waals surface area contributed by atoms with Crippen molar-refractivity contribution in [3.05, 3.63) is 11.6 Å². The number of nitriles is 1. The molecule has 2 atom stereocenters. The van der Waals surface area contributed by atoms with Gasteiger partial charge in [-0.05, 0) is 6.92 Å². The Kier molecular flexibility index (Phi) is 3.25. The van der Waals surface area contributed by atoms with Crippen LogP contribution in [0.1, 0.15) is 20.8 Å². The molecule has 0 aliphatic carbocycles. The molecule has 2 amide bonds. The maximum Gasteiger partial charge on any atom is 0.233 e. The largest absolute Gasteiger partial charge is 0.278 e. The molecule has 2 unspecified atom stereocenters. The quantitative estimate of drug-likeness (QED) is 0.502. The van der Waals surface area contributed by atoms with Crippen molar-refractivity contribution in [3.8, 4) is 6.07 Å². The highest BCUT2D eigenvalue weighted by Crippen LogP contribution is 2.25. The first-order chi connectivity index (χ1) is 6.99. The Hall–Kier alpha value is -1.63. The summed E-state index contributed by atoms with van der Waals surface area (Å²) in [5, 5.41) is 8.54. The fourth-order valence-electron chi connectivity index (χ4n) is 1.48. The zero-order chi connectivity index (χ0) is 11.6. The molecular formula is C11H14N2O2. The molecule has 1 heterocycles. The highest BCUT2D eigenvalue weighted by atomic mass is 16.2. The van der Waals surface area contributed by atoms with Gasteiger partial charge in [0.25, 0.3) is 0 Å². The second-order valence-electron chi connectivity index (χ2n) is 3.86. The van der Waals surface area contributed by atoms with Gasteiger partial charge in [-0.15, -0.1) is 0 Å². The molecule has 4 heteroatoms. The Balaban J connectivity index is 2.77. The van der Waals surface area contributed by atoms with E-state index in [0.717, 1.165) is 0 Å². The molecule has 1 fully saturated rings. The molecule has 1 aliphatic rings. The Bertz CT molecular complexity index is 345. The number of likely N-dealkylation sites (tertiary alicyclic amines) is 1. The van der Waals surface area contributed by atoms with Crippen molar-refractivity contribution in [1.29, 1.82) is 5.26 Å². The van der Waals surface area contributed by atoms with Crippen LogP contribution in [0, 0.1) is 23.2 Å². The average molecular weight is 206 g/mol. The first-order valence-corrected chi connectivity index (χ1v) is 4.91. The monoisotopic (exact) mass is 206 g/mol. The van der Waals surface area contributed by atoms with Gasteiger partial charge in [0, 0.05) is 24.0 Å². The first-order valence-electron chi connectivity index (χ1n) is 4.91. The van der Waals surface area contributed by atoms with Crippen molar-refractivity contribution in [3.63, 3.8) is 0 Å². The topological polar surface area (TPSA) is 61.2 Å². The van der Waals surface area contributed by atoms with E-state index in [0.29, 0.717) is 5.57 Å². The van der Waals surface area contributed by atoms with Crippen LogP contribution in [-0.4, -0.2) is 23.3 Å². The third-order valence-corrected chi connectivity index (χ3v) is 2.82. The van der Waals surface area contributed by atoms with Gasteiger partial charge < -0.3 is 0 Å². The predicted molar refractivity (Wildman–Crippen MR) is 54.4 cm³/mol. The molecule has 0 bridgehead atoms. The summed E-state index contributed by atoms with van der Waals surface area (Å²) < 4.78 is 0. The summed E-state index contributed by atoms with van der Waals surface area (Å²) in [6, 6.07) is 1.95. The first kappa shape index (κ1) is 11.4. The molecule has 0 aromatic heterocycles. The van der Waals surface area contributed by atoms with E-state index < -0.39 is 0 Å². The fraction of sp³-hybridized carbons (Fsp3) is 0.545. The summed E-state index contributed by atoms with van der Waals surface area (Å²) in [4.78, 5) is 24.5. The van der Waals surface area contributed by atoms with E-state index in [4.69, 9.17) is 5.26 Å². The van der Waals surface area contributed by atoms with E-state index in [1.54, 1.807) is 26.8 Å². The number of hydrogen-bond donors (Lipinski definition) is 0. The molecule has 0 aromatic carbocycles. The average Bonchev–Trinajstić information content (AvgIpc) is 2.41. The van der Waals surface area contributed by atoms with E-state index in [-0.39, 0.29) is 30.2 Å². The van der Waals surface area contributed by atoms with Crippen molar-refractivity contribution < 1.29 is 9.59 Å². The van der Waals surface area contributed by atoms with Gasteiger partial charge in [-0.3, -0.25) is 14.5 Å². The molecule has 15 heavy (non-hydrogen) atoms. The number of imide groups is 1. The number of carbonyl (C=O) groups excluding carboxylic acids is 2. The SMILES string of the molecule is C/C(C#N)=C\CN1C(=O)C(C)C(C)C1=O.